The number of ether oxygens (including phenoxy) is 1. The van der Waals surface area contributed by atoms with E-state index in [2.05, 4.69) is 111 Å². The molecule has 390 valence electrons. The van der Waals surface area contributed by atoms with Crippen molar-refractivity contribution < 1.29 is 24.5 Å². The number of unbranched alkanes of at least 4 members (excludes halogenated alkanes) is 25. The van der Waals surface area contributed by atoms with Crippen LogP contribution in [0.25, 0.3) is 0 Å². The van der Waals surface area contributed by atoms with Crippen LogP contribution in [0.2, 0.25) is 0 Å². The molecule has 0 aromatic carbocycles. The summed E-state index contributed by atoms with van der Waals surface area (Å²) in [6.45, 7) is 6.34. The summed E-state index contributed by atoms with van der Waals surface area (Å²) in [7, 11) is 0. The molecule has 0 spiro atoms. The van der Waals surface area contributed by atoms with Gasteiger partial charge in [0.05, 0.1) is 25.2 Å². The number of carbonyl (C=O) groups is 2. The normalized spacial score (nSPS) is 13.9. The molecule has 0 heterocycles. The molecule has 68 heavy (non-hydrogen) atoms. The fourth-order valence-corrected chi connectivity index (χ4v) is 8.12. The van der Waals surface area contributed by atoms with Gasteiger partial charge in [0.15, 0.2) is 0 Å². The highest BCUT2D eigenvalue weighted by Crippen LogP contribution is 2.16. The van der Waals surface area contributed by atoms with Crippen LogP contribution in [0.1, 0.15) is 258 Å². The van der Waals surface area contributed by atoms with Gasteiger partial charge < -0.3 is 20.3 Å². The van der Waals surface area contributed by atoms with Crippen LogP contribution in [-0.2, 0) is 14.3 Å². The molecule has 0 bridgehead atoms. The van der Waals surface area contributed by atoms with Gasteiger partial charge in [-0.1, -0.05) is 260 Å². The highest BCUT2D eigenvalue weighted by Gasteiger charge is 2.23. The van der Waals surface area contributed by atoms with Gasteiger partial charge in [-0.15, -0.1) is 0 Å². The van der Waals surface area contributed by atoms with Crippen molar-refractivity contribution in [3.05, 3.63) is 97.2 Å². The van der Waals surface area contributed by atoms with Crippen molar-refractivity contribution in [2.24, 2.45) is 0 Å². The Morgan fingerprint density at radius 3 is 1.28 bits per heavy atom. The monoisotopic (exact) mass is 946 g/mol. The Kier molecular flexibility index (Phi) is 52.1. The SMILES string of the molecule is CC/C=C\C/C=C\C/C=C\C/C=C\C/C=C\C/C=C\C(CC(=O)NC(CO)C(O)CCCCCCCCCCCCCCCCCC)OC(=O)CCCCC/C=C/C=C/CCCCCCCCC. The number of esters is 1. The molecule has 3 N–H and O–H groups in total. The summed E-state index contributed by atoms with van der Waals surface area (Å²) < 4.78 is 5.83. The van der Waals surface area contributed by atoms with Crippen LogP contribution in [0.4, 0.5) is 0 Å². The molecule has 0 fully saturated rings. The Hall–Kier alpha value is -3.22. The molecule has 3 atom stereocenters. The molecular formula is C62H107NO5. The van der Waals surface area contributed by atoms with Crippen molar-refractivity contribution in [3.63, 3.8) is 0 Å². The van der Waals surface area contributed by atoms with Gasteiger partial charge in [-0.25, -0.2) is 0 Å². The predicted molar refractivity (Wildman–Crippen MR) is 296 cm³/mol. The Morgan fingerprint density at radius 2 is 0.853 bits per heavy atom. The molecule has 0 saturated heterocycles. The topological polar surface area (TPSA) is 95.9 Å². The fraction of sp³-hybridized carbons (Fsp3) is 0.710. The van der Waals surface area contributed by atoms with Gasteiger partial charge in [-0.2, -0.15) is 0 Å². The van der Waals surface area contributed by atoms with Gasteiger partial charge in [0.2, 0.25) is 5.91 Å². The zero-order valence-electron chi connectivity index (χ0n) is 44.5. The van der Waals surface area contributed by atoms with E-state index >= 15 is 0 Å². The molecule has 0 saturated carbocycles. The minimum absolute atomic E-state index is 0.0621. The summed E-state index contributed by atoms with van der Waals surface area (Å²) in [5, 5.41) is 23.8. The smallest absolute Gasteiger partial charge is 0.306 e. The van der Waals surface area contributed by atoms with Crippen LogP contribution >= 0.6 is 0 Å². The average Bonchev–Trinajstić information content (AvgIpc) is 3.33. The van der Waals surface area contributed by atoms with Gasteiger partial charge in [0.1, 0.15) is 6.10 Å². The number of allylic oxidation sites excluding steroid dienone is 15. The summed E-state index contributed by atoms with van der Waals surface area (Å²) in [6, 6.07) is -0.755. The number of rotatable bonds is 50. The standard InChI is InChI=1S/C62H107NO5/c1-4-7-10-13-16-19-22-25-28-31-32-35-38-41-44-47-50-53-58(68-62(67)55-52-49-46-43-40-37-34-30-27-24-21-18-15-12-9-6-3)56-61(66)63-59(57-64)60(65)54-51-48-45-42-39-36-33-29-26-23-20-17-14-11-8-5-2/h7,10,16,19,25,28,30,32,34-35,37,40-41,44,50,53,58-60,64-65H,4-6,8-9,11-15,17-18,20-24,26-27,29,31,33,36,38-39,42-43,45-49,51-52,54-57H2,1-3H3,(H,63,66)/b10-7-,19-16-,28-25-,34-30+,35-32-,40-37+,44-41-,53-50-. The molecular weight excluding hydrogens is 839 g/mol. The average molecular weight is 947 g/mol. The van der Waals surface area contributed by atoms with Crippen molar-refractivity contribution in [2.45, 2.75) is 277 Å². The zero-order valence-corrected chi connectivity index (χ0v) is 44.5. The zero-order chi connectivity index (χ0) is 49.5. The van der Waals surface area contributed by atoms with E-state index in [4.69, 9.17) is 4.74 Å². The summed E-state index contributed by atoms with van der Waals surface area (Å²) in [6.07, 6.45) is 73.6. The van der Waals surface area contributed by atoms with E-state index < -0.39 is 18.2 Å². The minimum Gasteiger partial charge on any atom is -0.458 e. The van der Waals surface area contributed by atoms with Crippen molar-refractivity contribution >= 4 is 11.9 Å². The number of nitrogens with one attached hydrogen (secondary N) is 1. The van der Waals surface area contributed by atoms with E-state index in [-0.39, 0.29) is 24.9 Å². The number of amides is 1. The van der Waals surface area contributed by atoms with E-state index in [0.29, 0.717) is 19.3 Å². The second-order valence-corrected chi connectivity index (χ2v) is 19.0. The predicted octanol–water partition coefficient (Wildman–Crippen LogP) is 17.7. The van der Waals surface area contributed by atoms with Crippen LogP contribution in [0, 0.1) is 0 Å². The summed E-state index contributed by atoms with van der Waals surface area (Å²) in [5.41, 5.74) is 0. The number of hydrogen-bond donors (Lipinski definition) is 3. The number of aliphatic hydroxyl groups is 2. The lowest BCUT2D eigenvalue weighted by molar-refractivity contribution is -0.148. The molecule has 1 amide bonds. The molecule has 6 nitrogen and oxygen atoms in total. The maximum Gasteiger partial charge on any atom is 0.306 e. The molecule has 0 aliphatic carbocycles. The first-order valence-corrected chi connectivity index (χ1v) is 28.5. The van der Waals surface area contributed by atoms with Crippen molar-refractivity contribution in [1.29, 1.82) is 0 Å². The Morgan fingerprint density at radius 1 is 0.471 bits per heavy atom. The van der Waals surface area contributed by atoms with Gasteiger partial charge in [-0.3, -0.25) is 9.59 Å². The van der Waals surface area contributed by atoms with Crippen molar-refractivity contribution in [2.75, 3.05) is 6.61 Å². The highest BCUT2D eigenvalue weighted by atomic mass is 16.5. The molecule has 0 aliphatic heterocycles. The first-order chi connectivity index (χ1) is 33.5. The third-order valence-electron chi connectivity index (χ3n) is 12.4. The van der Waals surface area contributed by atoms with E-state index in [0.717, 1.165) is 83.5 Å². The maximum absolute atomic E-state index is 13.2. The number of carbonyl (C=O) groups excluding carboxylic acids is 2. The van der Waals surface area contributed by atoms with E-state index in [1.54, 1.807) is 6.08 Å². The Bertz CT molecular complexity index is 1340. The molecule has 0 radical (unpaired) electrons. The molecule has 0 aromatic heterocycles. The van der Waals surface area contributed by atoms with E-state index in [1.807, 2.05) is 6.08 Å². The van der Waals surface area contributed by atoms with Crippen LogP contribution in [0.5, 0.6) is 0 Å². The van der Waals surface area contributed by atoms with Gasteiger partial charge in [-0.05, 0) is 83.1 Å². The lowest BCUT2D eigenvalue weighted by Crippen LogP contribution is -2.46. The van der Waals surface area contributed by atoms with Crippen LogP contribution in [-0.4, -0.2) is 46.9 Å². The van der Waals surface area contributed by atoms with Crippen molar-refractivity contribution in [3.8, 4) is 0 Å². The van der Waals surface area contributed by atoms with Crippen molar-refractivity contribution in [1.82, 2.24) is 5.32 Å². The van der Waals surface area contributed by atoms with Crippen LogP contribution in [0.15, 0.2) is 97.2 Å². The van der Waals surface area contributed by atoms with Gasteiger partial charge in [0.25, 0.3) is 0 Å². The third-order valence-corrected chi connectivity index (χ3v) is 12.4. The largest absolute Gasteiger partial charge is 0.458 e. The first kappa shape index (κ1) is 64.8. The number of aliphatic hydroxyl groups excluding tert-OH is 2. The first-order valence-electron chi connectivity index (χ1n) is 28.5. The summed E-state index contributed by atoms with van der Waals surface area (Å²) in [4.78, 5) is 26.2. The van der Waals surface area contributed by atoms with Crippen LogP contribution < -0.4 is 5.32 Å². The highest BCUT2D eigenvalue weighted by molar-refractivity contribution is 5.78. The van der Waals surface area contributed by atoms with Gasteiger partial charge in [0, 0.05) is 6.42 Å². The van der Waals surface area contributed by atoms with Gasteiger partial charge >= 0.3 is 5.97 Å². The second-order valence-electron chi connectivity index (χ2n) is 19.0. The molecule has 6 heteroatoms. The lowest BCUT2D eigenvalue weighted by Gasteiger charge is -2.23. The van der Waals surface area contributed by atoms with E-state index in [1.165, 1.54) is 128 Å². The molecule has 0 aliphatic rings. The second kappa shape index (κ2) is 54.7. The Balaban J connectivity index is 4.77. The molecule has 3 unspecified atom stereocenters. The quantitative estimate of drug-likeness (QED) is 0.0244. The van der Waals surface area contributed by atoms with E-state index in [9.17, 15) is 19.8 Å². The Labute approximate surface area is 420 Å². The van der Waals surface area contributed by atoms with Crippen LogP contribution in [0.3, 0.4) is 0 Å². The lowest BCUT2D eigenvalue weighted by atomic mass is 10.0. The summed E-state index contributed by atoms with van der Waals surface area (Å²) >= 11 is 0. The third kappa shape index (κ3) is 49.2. The molecule has 0 aromatic rings. The number of hydrogen-bond acceptors (Lipinski definition) is 5. The minimum atomic E-state index is -0.830. The fourth-order valence-electron chi connectivity index (χ4n) is 8.12. The maximum atomic E-state index is 13.2. The summed E-state index contributed by atoms with van der Waals surface area (Å²) in [5.74, 6) is -0.663. The molecule has 0 rings (SSSR count).